The quantitative estimate of drug-likeness (QED) is 0.462. The standard InChI is InChI=1S/C21H21BrCl2N2O4S/c1-4-21(2,3)26(31(29,30)18-11-14(23)7-10-16(18)24)17-12-19(27)25(20(17)28)15-8-5-13(22)6-9-15/h5-11,17H,4,12H2,1-3H3. The molecule has 10 heteroatoms. The third-order valence-electron chi connectivity index (χ3n) is 5.38. The normalized spacial score (nSPS) is 17.6. The molecule has 1 heterocycles. The second-order valence-electron chi connectivity index (χ2n) is 7.81. The number of hydrogen-bond acceptors (Lipinski definition) is 4. The summed E-state index contributed by atoms with van der Waals surface area (Å²) in [5.41, 5.74) is -0.589. The molecule has 0 N–H and O–H groups in total. The Morgan fingerprint density at radius 3 is 2.32 bits per heavy atom. The summed E-state index contributed by atoms with van der Waals surface area (Å²) < 4.78 is 29.4. The average molecular weight is 548 g/mol. The smallest absolute Gasteiger partial charge is 0.252 e. The molecule has 6 nitrogen and oxygen atoms in total. The van der Waals surface area contributed by atoms with Crippen LogP contribution in [0.4, 0.5) is 5.69 Å². The van der Waals surface area contributed by atoms with E-state index >= 15 is 0 Å². The summed E-state index contributed by atoms with van der Waals surface area (Å²) in [7, 11) is -4.27. The molecule has 0 aromatic heterocycles. The molecule has 1 fully saturated rings. The van der Waals surface area contributed by atoms with Gasteiger partial charge in [-0.25, -0.2) is 13.3 Å². The molecule has 0 spiro atoms. The van der Waals surface area contributed by atoms with Crippen LogP contribution in [-0.2, 0) is 19.6 Å². The van der Waals surface area contributed by atoms with Gasteiger partial charge in [-0.1, -0.05) is 46.1 Å². The van der Waals surface area contributed by atoms with Crippen LogP contribution in [0.15, 0.2) is 51.8 Å². The highest BCUT2D eigenvalue weighted by Crippen LogP contribution is 2.38. The van der Waals surface area contributed by atoms with Gasteiger partial charge < -0.3 is 0 Å². The second-order valence-corrected chi connectivity index (χ2v) is 11.3. The fourth-order valence-electron chi connectivity index (χ4n) is 3.51. The van der Waals surface area contributed by atoms with Gasteiger partial charge in [0, 0.05) is 15.0 Å². The maximum Gasteiger partial charge on any atom is 0.252 e. The topological polar surface area (TPSA) is 74.8 Å². The van der Waals surface area contributed by atoms with Crippen LogP contribution in [0.2, 0.25) is 10.0 Å². The summed E-state index contributed by atoms with van der Waals surface area (Å²) in [4.78, 5) is 27.0. The highest BCUT2D eigenvalue weighted by atomic mass is 79.9. The Bertz CT molecular complexity index is 1140. The second kappa shape index (κ2) is 8.83. The lowest BCUT2D eigenvalue weighted by molar-refractivity contribution is -0.122. The van der Waals surface area contributed by atoms with Gasteiger partial charge in [0.25, 0.3) is 5.91 Å². The number of halogens is 3. The summed E-state index contributed by atoms with van der Waals surface area (Å²) >= 11 is 15.5. The molecule has 2 aromatic carbocycles. The first-order chi connectivity index (χ1) is 14.4. The van der Waals surface area contributed by atoms with Gasteiger partial charge in [0.1, 0.15) is 10.9 Å². The van der Waals surface area contributed by atoms with Gasteiger partial charge in [0.05, 0.1) is 17.1 Å². The van der Waals surface area contributed by atoms with E-state index in [0.717, 1.165) is 13.7 Å². The Kier molecular flexibility index (Phi) is 6.89. The van der Waals surface area contributed by atoms with Crippen LogP contribution in [0.3, 0.4) is 0 Å². The minimum absolute atomic E-state index is 0.0113. The van der Waals surface area contributed by atoms with Gasteiger partial charge in [0.15, 0.2) is 0 Å². The molecule has 31 heavy (non-hydrogen) atoms. The lowest BCUT2D eigenvalue weighted by atomic mass is 10.00. The number of imide groups is 1. The summed E-state index contributed by atoms with van der Waals surface area (Å²) in [6.45, 7) is 5.24. The first-order valence-electron chi connectivity index (χ1n) is 9.52. The van der Waals surface area contributed by atoms with Gasteiger partial charge >= 0.3 is 0 Å². The molecule has 2 aromatic rings. The number of amides is 2. The van der Waals surface area contributed by atoms with E-state index < -0.39 is 33.4 Å². The van der Waals surface area contributed by atoms with Gasteiger partial charge in [-0.2, -0.15) is 4.31 Å². The summed E-state index contributed by atoms with van der Waals surface area (Å²) in [5.74, 6) is -1.07. The molecule has 0 aliphatic carbocycles. The van der Waals surface area contributed by atoms with Crippen LogP contribution < -0.4 is 4.90 Å². The number of carbonyl (C=O) groups excluding carboxylic acids is 2. The van der Waals surface area contributed by atoms with Crippen molar-refractivity contribution < 1.29 is 18.0 Å². The van der Waals surface area contributed by atoms with Crippen LogP contribution in [0, 0.1) is 0 Å². The van der Waals surface area contributed by atoms with Crippen molar-refractivity contribution in [2.75, 3.05) is 4.90 Å². The van der Waals surface area contributed by atoms with Crippen LogP contribution in [0.25, 0.3) is 0 Å². The predicted molar refractivity (Wildman–Crippen MR) is 125 cm³/mol. The maximum atomic E-state index is 13.7. The van der Waals surface area contributed by atoms with Crippen molar-refractivity contribution in [3.05, 3.63) is 57.0 Å². The van der Waals surface area contributed by atoms with Gasteiger partial charge in [-0.15, -0.1) is 0 Å². The van der Waals surface area contributed by atoms with Gasteiger partial charge in [-0.3, -0.25) is 9.59 Å². The molecule has 0 saturated carbocycles. The molecule has 166 valence electrons. The van der Waals surface area contributed by atoms with Crippen LogP contribution in [0.1, 0.15) is 33.6 Å². The largest absolute Gasteiger partial charge is 0.274 e. The number of benzene rings is 2. The van der Waals surface area contributed by atoms with Crippen molar-refractivity contribution in [3.8, 4) is 0 Å². The monoisotopic (exact) mass is 546 g/mol. The van der Waals surface area contributed by atoms with Crippen molar-refractivity contribution in [3.63, 3.8) is 0 Å². The zero-order valence-electron chi connectivity index (χ0n) is 17.1. The number of nitrogens with zero attached hydrogens (tertiary/aromatic N) is 2. The highest BCUT2D eigenvalue weighted by molar-refractivity contribution is 9.10. The minimum Gasteiger partial charge on any atom is -0.274 e. The first kappa shape index (κ1) is 24.2. The molecular weight excluding hydrogens is 527 g/mol. The number of sulfonamides is 1. The zero-order chi connectivity index (χ0) is 23.1. The average Bonchev–Trinajstić information content (AvgIpc) is 2.97. The molecule has 1 saturated heterocycles. The Morgan fingerprint density at radius 2 is 1.74 bits per heavy atom. The number of rotatable bonds is 6. The summed E-state index contributed by atoms with van der Waals surface area (Å²) in [6, 6.07) is 9.59. The molecule has 1 aliphatic rings. The third kappa shape index (κ3) is 4.54. The fraction of sp³-hybridized carbons (Fsp3) is 0.333. The lowest BCUT2D eigenvalue weighted by Crippen LogP contribution is -2.55. The minimum atomic E-state index is -4.27. The Balaban J connectivity index is 2.12. The van der Waals surface area contributed by atoms with Gasteiger partial charge in [0.2, 0.25) is 15.9 Å². The van der Waals surface area contributed by atoms with Crippen molar-refractivity contribution in [1.29, 1.82) is 0 Å². The third-order valence-corrected chi connectivity index (χ3v) is 8.75. The maximum absolute atomic E-state index is 13.7. The molecule has 1 aliphatic heterocycles. The Labute approximate surface area is 200 Å². The highest BCUT2D eigenvalue weighted by Gasteiger charge is 2.51. The summed E-state index contributed by atoms with van der Waals surface area (Å²) in [6.07, 6.45) is 0.135. The summed E-state index contributed by atoms with van der Waals surface area (Å²) in [5, 5.41) is 0.186. The number of carbonyl (C=O) groups is 2. The van der Waals surface area contributed by atoms with E-state index in [9.17, 15) is 18.0 Å². The van der Waals surface area contributed by atoms with Crippen molar-refractivity contribution in [2.45, 2.75) is 50.1 Å². The van der Waals surface area contributed by atoms with Crippen LogP contribution >= 0.6 is 39.1 Å². The van der Waals surface area contributed by atoms with Gasteiger partial charge in [-0.05, 0) is 62.7 Å². The van der Waals surface area contributed by atoms with Crippen molar-refractivity contribution in [2.24, 2.45) is 0 Å². The molecule has 0 radical (unpaired) electrons. The van der Waals surface area contributed by atoms with E-state index in [2.05, 4.69) is 15.9 Å². The van der Waals surface area contributed by atoms with E-state index in [1.54, 1.807) is 38.1 Å². The number of anilines is 1. The van der Waals surface area contributed by atoms with E-state index in [1.807, 2.05) is 6.92 Å². The predicted octanol–water partition coefficient (Wildman–Crippen LogP) is 5.27. The SMILES string of the molecule is CCC(C)(C)N(C1CC(=O)N(c2ccc(Br)cc2)C1=O)S(=O)(=O)c1cc(Cl)ccc1Cl. The van der Waals surface area contributed by atoms with Crippen LogP contribution in [0.5, 0.6) is 0 Å². The van der Waals surface area contributed by atoms with Crippen LogP contribution in [-0.4, -0.2) is 36.1 Å². The molecule has 1 atom stereocenters. The molecule has 3 rings (SSSR count). The zero-order valence-corrected chi connectivity index (χ0v) is 21.0. The van der Waals surface area contributed by atoms with E-state index in [1.165, 1.54) is 18.2 Å². The molecule has 1 unspecified atom stereocenters. The van der Waals surface area contributed by atoms with E-state index in [0.29, 0.717) is 12.1 Å². The first-order valence-corrected chi connectivity index (χ1v) is 12.5. The lowest BCUT2D eigenvalue weighted by Gasteiger charge is -2.39. The van der Waals surface area contributed by atoms with Crippen molar-refractivity contribution >= 4 is 66.7 Å². The fourth-order valence-corrected chi connectivity index (χ4v) is 6.50. The van der Waals surface area contributed by atoms with E-state index in [4.69, 9.17) is 23.2 Å². The Morgan fingerprint density at radius 1 is 1.13 bits per heavy atom. The molecule has 2 amide bonds. The number of hydrogen-bond donors (Lipinski definition) is 0. The molecule has 0 bridgehead atoms. The van der Waals surface area contributed by atoms with Crippen molar-refractivity contribution in [1.82, 2.24) is 4.31 Å². The Hall–Kier alpha value is -1.45. The molecular formula is C21H21BrCl2N2O4S. The van der Waals surface area contributed by atoms with E-state index in [-0.39, 0.29) is 21.4 Å².